The molecule has 1 aliphatic heterocycles. The minimum Gasteiger partial charge on any atom is -0.258 e. The molecule has 0 saturated heterocycles. The fourth-order valence-corrected chi connectivity index (χ4v) is 1.76. The molecule has 0 amide bonds. The molecule has 0 aromatic heterocycles. The summed E-state index contributed by atoms with van der Waals surface area (Å²) in [5.41, 5.74) is -0.0857. The Labute approximate surface area is 71.4 Å². The van der Waals surface area contributed by atoms with Crippen molar-refractivity contribution < 1.29 is 0 Å². The smallest absolute Gasteiger partial charge is 0.125 e. The van der Waals surface area contributed by atoms with Crippen molar-refractivity contribution in [2.24, 2.45) is 10.9 Å². The topological polar surface area (TPSA) is 12.4 Å². The first kappa shape index (κ1) is 8.35. The third kappa shape index (κ3) is 2.47. The molecule has 58 valence electrons. The van der Waals surface area contributed by atoms with Crippen LogP contribution in [0.25, 0.3) is 0 Å². The molecule has 2 unspecified atom stereocenters. The molecule has 3 heteroatoms. The van der Waals surface area contributed by atoms with Gasteiger partial charge in [0.25, 0.3) is 0 Å². The van der Waals surface area contributed by atoms with Crippen LogP contribution in [0.1, 0.15) is 26.2 Å². The summed E-state index contributed by atoms with van der Waals surface area (Å²) in [6, 6.07) is 0. The van der Waals surface area contributed by atoms with Crippen LogP contribution in [0.4, 0.5) is 0 Å². The summed E-state index contributed by atoms with van der Waals surface area (Å²) in [5, 5.41) is 0.685. The minimum absolute atomic E-state index is 0.0857. The fraction of sp³-hybridized carbons (Fsp3) is 0.857. The van der Waals surface area contributed by atoms with Gasteiger partial charge in [-0.05, 0) is 18.8 Å². The maximum absolute atomic E-state index is 5.81. The number of nitrogens with zero attached hydrogens (tertiary/aromatic N) is 1. The van der Waals surface area contributed by atoms with Gasteiger partial charge in [-0.25, -0.2) is 0 Å². The van der Waals surface area contributed by atoms with E-state index in [1.165, 1.54) is 0 Å². The lowest BCUT2D eigenvalue weighted by molar-refractivity contribution is 0.539. The van der Waals surface area contributed by atoms with Crippen molar-refractivity contribution in [3.63, 3.8) is 0 Å². The molecule has 0 N–H and O–H groups in total. The number of alkyl halides is 1. The Morgan fingerprint density at radius 2 is 2.20 bits per heavy atom. The summed E-state index contributed by atoms with van der Waals surface area (Å²) in [6.07, 6.45) is 2.98. The van der Waals surface area contributed by atoms with Crippen LogP contribution in [0.2, 0.25) is 0 Å². The van der Waals surface area contributed by atoms with Crippen LogP contribution in [0.3, 0.4) is 0 Å². The molecule has 0 radical (unpaired) electrons. The zero-order valence-electron chi connectivity index (χ0n) is 5.98. The molecule has 0 saturated carbocycles. The number of rotatable bonds is 0. The molecule has 0 fully saturated rings. The molecule has 1 heterocycles. The Hall–Kier alpha value is 0.250. The lowest BCUT2D eigenvalue weighted by Gasteiger charge is -2.03. The first-order valence-corrected chi connectivity index (χ1v) is 4.36. The van der Waals surface area contributed by atoms with Crippen molar-refractivity contribution in [1.82, 2.24) is 0 Å². The highest BCUT2D eigenvalue weighted by Crippen LogP contribution is 2.22. The Morgan fingerprint density at radius 3 is 2.90 bits per heavy atom. The second-order valence-corrected chi connectivity index (χ2v) is 3.77. The van der Waals surface area contributed by atoms with Crippen LogP contribution >= 0.6 is 23.2 Å². The monoisotopic (exact) mass is 179 g/mol. The molecule has 0 aromatic carbocycles. The zero-order valence-corrected chi connectivity index (χ0v) is 7.49. The Balaban J connectivity index is 2.55. The standard InChI is InChI=1S/C7H11Cl2N/c1-5-2-3-6(8)10-7(9)4-5/h5-6H,2-4H2,1H3. The molecule has 0 aliphatic carbocycles. The van der Waals surface area contributed by atoms with Crippen molar-refractivity contribution in [3.05, 3.63) is 0 Å². The number of halogens is 2. The molecule has 0 bridgehead atoms. The van der Waals surface area contributed by atoms with E-state index in [-0.39, 0.29) is 5.50 Å². The Morgan fingerprint density at radius 1 is 1.50 bits per heavy atom. The predicted molar refractivity (Wildman–Crippen MR) is 45.9 cm³/mol. The van der Waals surface area contributed by atoms with Gasteiger partial charge in [0, 0.05) is 6.42 Å². The molecule has 0 aromatic rings. The Kier molecular flexibility index (Phi) is 2.99. The van der Waals surface area contributed by atoms with Gasteiger partial charge in [0.1, 0.15) is 10.7 Å². The van der Waals surface area contributed by atoms with E-state index in [9.17, 15) is 0 Å². The fourth-order valence-electron chi connectivity index (χ4n) is 1.08. The summed E-state index contributed by atoms with van der Waals surface area (Å²) in [6.45, 7) is 2.17. The van der Waals surface area contributed by atoms with Crippen molar-refractivity contribution in [2.75, 3.05) is 0 Å². The first-order chi connectivity index (χ1) is 4.68. The van der Waals surface area contributed by atoms with Crippen molar-refractivity contribution in [3.8, 4) is 0 Å². The number of hydrogen-bond donors (Lipinski definition) is 0. The van der Waals surface area contributed by atoms with E-state index in [0.29, 0.717) is 11.1 Å². The highest BCUT2D eigenvalue weighted by molar-refractivity contribution is 6.65. The maximum Gasteiger partial charge on any atom is 0.125 e. The lowest BCUT2D eigenvalue weighted by Crippen LogP contribution is -1.96. The van der Waals surface area contributed by atoms with Crippen LogP contribution in [0, 0.1) is 5.92 Å². The normalized spacial score (nSPS) is 34.9. The SMILES string of the molecule is CC1CCC(Cl)N=C(Cl)C1. The highest BCUT2D eigenvalue weighted by atomic mass is 35.5. The molecule has 1 aliphatic rings. The predicted octanol–water partition coefficient (Wildman–Crippen LogP) is 3.01. The second-order valence-electron chi connectivity index (χ2n) is 2.83. The van der Waals surface area contributed by atoms with E-state index in [1.54, 1.807) is 0 Å². The largest absolute Gasteiger partial charge is 0.258 e. The van der Waals surface area contributed by atoms with Crippen LogP contribution in [-0.4, -0.2) is 10.7 Å². The summed E-state index contributed by atoms with van der Waals surface area (Å²) in [4.78, 5) is 4.07. The summed E-state index contributed by atoms with van der Waals surface area (Å²) in [5.74, 6) is 0.639. The number of aliphatic imine (C=N–C) groups is 1. The average Bonchev–Trinajstić information content (AvgIpc) is 1.93. The van der Waals surface area contributed by atoms with E-state index in [1.807, 2.05) is 0 Å². The first-order valence-electron chi connectivity index (χ1n) is 3.54. The van der Waals surface area contributed by atoms with Crippen molar-refractivity contribution in [1.29, 1.82) is 0 Å². The van der Waals surface area contributed by atoms with Crippen LogP contribution in [-0.2, 0) is 0 Å². The van der Waals surface area contributed by atoms with E-state index in [0.717, 1.165) is 19.3 Å². The van der Waals surface area contributed by atoms with E-state index >= 15 is 0 Å². The van der Waals surface area contributed by atoms with E-state index in [2.05, 4.69) is 11.9 Å². The van der Waals surface area contributed by atoms with Gasteiger partial charge in [0.15, 0.2) is 0 Å². The minimum atomic E-state index is -0.0857. The lowest BCUT2D eigenvalue weighted by atomic mass is 10.0. The summed E-state index contributed by atoms with van der Waals surface area (Å²) < 4.78 is 0. The van der Waals surface area contributed by atoms with Gasteiger partial charge in [-0.1, -0.05) is 30.1 Å². The van der Waals surface area contributed by atoms with Gasteiger partial charge in [-0.2, -0.15) is 0 Å². The molecule has 2 atom stereocenters. The van der Waals surface area contributed by atoms with Gasteiger partial charge >= 0.3 is 0 Å². The van der Waals surface area contributed by atoms with Gasteiger partial charge in [-0.3, -0.25) is 4.99 Å². The van der Waals surface area contributed by atoms with E-state index < -0.39 is 0 Å². The molecular weight excluding hydrogens is 169 g/mol. The molecule has 10 heavy (non-hydrogen) atoms. The third-order valence-corrected chi connectivity index (χ3v) is 2.26. The van der Waals surface area contributed by atoms with Crippen LogP contribution < -0.4 is 0 Å². The Bertz CT molecular complexity index is 145. The van der Waals surface area contributed by atoms with Gasteiger partial charge in [0.2, 0.25) is 0 Å². The third-order valence-electron chi connectivity index (χ3n) is 1.69. The summed E-state index contributed by atoms with van der Waals surface area (Å²) >= 11 is 11.6. The van der Waals surface area contributed by atoms with Crippen molar-refractivity contribution >= 4 is 28.4 Å². The van der Waals surface area contributed by atoms with Crippen LogP contribution in [0.5, 0.6) is 0 Å². The highest BCUT2D eigenvalue weighted by Gasteiger charge is 2.14. The summed E-state index contributed by atoms with van der Waals surface area (Å²) in [7, 11) is 0. The quantitative estimate of drug-likeness (QED) is 0.401. The van der Waals surface area contributed by atoms with E-state index in [4.69, 9.17) is 23.2 Å². The molecular formula is C7H11Cl2N. The molecule has 1 nitrogen and oxygen atoms in total. The van der Waals surface area contributed by atoms with Gasteiger partial charge < -0.3 is 0 Å². The maximum atomic E-state index is 5.81. The average molecular weight is 180 g/mol. The number of hydrogen-bond acceptors (Lipinski definition) is 1. The van der Waals surface area contributed by atoms with Crippen molar-refractivity contribution in [2.45, 2.75) is 31.7 Å². The van der Waals surface area contributed by atoms with Gasteiger partial charge in [-0.15, -0.1) is 0 Å². The van der Waals surface area contributed by atoms with Gasteiger partial charge in [0.05, 0.1) is 0 Å². The van der Waals surface area contributed by atoms with Crippen LogP contribution in [0.15, 0.2) is 4.99 Å². The molecule has 1 rings (SSSR count). The zero-order chi connectivity index (χ0) is 7.56. The molecule has 0 spiro atoms. The second kappa shape index (κ2) is 3.59.